The summed E-state index contributed by atoms with van der Waals surface area (Å²) in [6.45, 7) is 1.93. The fraction of sp³-hybridized carbons (Fsp3) is 0.286. The van der Waals surface area contributed by atoms with Gasteiger partial charge in [0.2, 0.25) is 11.8 Å². The third kappa shape index (κ3) is 3.93. The summed E-state index contributed by atoms with van der Waals surface area (Å²) in [7, 11) is 1.45. The zero-order chi connectivity index (χ0) is 32.5. The molecule has 0 spiro atoms. The predicted octanol–water partition coefficient (Wildman–Crippen LogP) is 3.77. The van der Waals surface area contributed by atoms with Gasteiger partial charge in [0, 0.05) is 11.5 Å². The number of hydrogen-bond acceptors (Lipinski definition) is 8. The number of hydrazine groups is 1. The number of imide groups is 4. The van der Waals surface area contributed by atoms with E-state index in [9.17, 15) is 24.3 Å². The van der Waals surface area contributed by atoms with Crippen LogP contribution >= 0.6 is 0 Å². The van der Waals surface area contributed by atoms with Gasteiger partial charge in [-0.3, -0.25) is 24.6 Å². The monoisotopic (exact) mass is 620 g/mol. The summed E-state index contributed by atoms with van der Waals surface area (Å²) < 4.78 is 5.75. The minimum Gasteiger partial charge on any atom is -0.508 e. The molecule has 4 N–H and O–H groups in total. The fourth-order valence-corrected chi connectivity index (χ4v) is 8.28. The number of amides is 6. The summed E-state index contributed by atoms with van der Waals surface area (Å²) in [5.74, 6) is -6.85. The first-order valence-electron chi connectivity index (χ1n) is 15.1. The predicted molar refractivity (Wildman–Crippen MR) is 165 cm³/mol. The molecule has 234 valence electrons. The molecule has 2 aliphatic heterocycles. The lowest BCUT2D eigenvalue weighted by atomic mass is 9.49. The van der Waals surface area contributed by atoms with E-state index in [0.717, 1.165) is 10.6 Å². The van der Waals surface area contributed by atoms with E-state index in [1.807, 2.05) is 31.2 Å². The maximum absolute atomic E-state index is 15.1. The third-order valence-corrected chi connectivity index (χ3v) is 10.2. The molecule has 6 unspecified atom stereocenters. The molecule has 6 amide bonds. The zero-order valence-corrected chi connectivity index (χ0v) is 25.2. The molecule has 11 heteroatoms. The number of methoxy groups -OCH3 is 1. The molecule has 2 saturated heterocycles. The van der Waals surface area contributed by atoms with Gasteiger partial charge in [0.15, 0.2) is 0 Å². The molecule has 3 fully saturated rings. The second kappa shape index (κ2) is 10.6. The number of benzene rings is 3. The van der Waals surface area contributed by atoms with Crippen LogP contribution in [0.3, 0.4) is 0 Å². The number of likely N-dealkylation sites (tertiary alicyclic amines) is 1. The molecule has 0 aromatic heterocycles. The molecule has 11 nitrogen and oxygen atoms in total. The van der Waals surface area contributed by atoms with Gasteiger partial charge in [-0.25, -0.2) is 4.79 Å². The van der Waals surface area contributed by atoms with Crippen LogP contribution in [0.1, 0.15) is 35.4 Å². The number of phenols is 1. The first-order chi connectivity index (χ1) is 22.1. The van der Waals surface area contributed by atoms with Gasteiger partial charge < -0.3 is 15.6 Å². The van der Waals surface area contributed by atoms with Gasteiger partial charge >= 0.3 is 6.03 Å². The van der Waals surface area contributed by atoms with Crippen LogP contribution < -0.4 is 15.9 Å². The van der Waals surface area contributed by atoms with E-state index in [1.165, 1.54) is 13.2 Å². The lowest BCUT2D eigenvalue weighted by molar-refractivity contribution is -0.139. The van der Waals surface area contributed by atoms with Crippen molar-refractivity contribution < 1.29 is 33.8 Å². The van der Waals surface area contributed by atoms with E-state index >= 15 is 4.79 Å². The number of aryl methyl sites for hydroxylation is 1. The van der Waals surface area contributed by atoms with E-state index in [2.05, 4.69) is 5.43 Å². The number of hydrogen-bond donors (Lipinski definition) is 3. The van der Waals surface area contributed by atoms with Crippen LogP contribution in [0.2, 0.25) is 0 Å². The smallest absolute Gasteiger partial charge is 0.328 e. The van der Waals surface area contributed by atoms with Gasteiger partial charge in [-0.1, -0.05) is 65.7 Å². The maximum atomic E-state index is 15.1. The molecule has 7 rings (SSSR count). The van der Waals surface area contributed by atoms with Crippen molar-refractivity contribution in [3.8, 4) is 11.5 Å². The topological polar surface area (TPSA) is 159 Å². The summed E-state index contributed by atoms with van der Waals surface area (Å²) in [6, 6.07) is 19.8. The molecule has 4 aliphatic rings. The highest BCUT2D eigenvalue weighted by Gasteiger charge is 2.71. The number of carbonyl (C=O) groups excluding carboxylic acids is 5. The number of carbonyl (C=O) groups is 5. The van der Waals surface area contributed by atoms with Crippen LogP contribution in [0.15, 0.2) is 84.4 Å². The van der Waals surface area contributed by atoms with Crippen LogP contribution in [-0.2, 0) is 24.6 Å². The Balaban J connectivity index is 1.49. The highest BCUT2D eigenvalue weighted by atomic mass is 16.5. The zero-order valence-electron chi connectivity index (χ0n) is 25.2. The Morgan fingerprint density at radius 1 is 0.935 bits per heavy atom. The maximum Gasteiger partial charge on any atom is 0.328 e. The second-order valence-electron chi connectivity index (χ2n) is 12.3. The van der Waals surface area contributed by atoms with Crippen molar-refractivity contribution in [2.75, 3.05) is 12.5 Å². The fourth-order valence-electron chi connectivity index (χ4n) is 8.28. The lowest BCUT2D eigenvalue weighted by Gasteiger charge is -2.50. The SMILES string of the molecule is COc1cccc(O)c1C1C2=CCC3C(=O)N(C(N)=O)C(=O)C3C2CC2C(=O)N(Nc3ccc(C)cc3)C(=O)C21c1ccccc1. The van der Waals surface area contributed by atoms with Crippen molar-refractivity contribution >= 4 is 35.3 Å². The Kier molecular flexibility index (Phi) is 6.73. The van der Waals surface area contributed by atoms with Crippen molar-refractivity contribution in [3.63, 3.8) is 0 Å². The number of allylic oxidation sites excluding steroid dienone is 2. The number of rotatable bonds is 5. The molecular weight excluding hydrogens is 588 g/mol. The van der Waals surface area contributed by atoms with Crippen LogP contribution in [0.4, 0.5) is 10.5 Å². The van der Waals surface area contributed by atoms with Gasteiger partial charge in [0.05, 0.1) is 36.0 Å². The summed E-state index contributed by atoms with van der Waals surface area (Å²) in [6.07, 6.45) is 1.98. The van der Waals surface area contributed by atoms with Crippen LogP contribution in [0, 0.1) is 30.6 Å². The number of primary amides is 1. The van der Waals surface area contributed by atoms with Gasteiger partial charge in [-0.15, -0.1) is 0 Å². The molecule has 1 saturated carbocycles. The Hall–Kier alpha value is -5.45. The summed E-state index contributed by atoms with van der Waals surface area (Å²) >= 11 is 0. The Labute approximate surface area is 264 Å². The number of ether oxygens (including phenoxy) is 1. The second-order valence-corrected chi connectivity index (χ2v) is 12.3. The molecule has 0 radical (unpaired) electrons. The van der Waals surface area contributed by atoms with Gasteiger partial charge in [0.25, 0.3) is 11.8 Å². The molecule has 2 aliphatic carbocycles. The Bertz CT molecular complexity index is 1840. The molecule has 3 aromatic rings. The van der Waals surface area contributed by atoms with E-state index in [1.54, 1.807) is 48.5 Å². The first kappa shape index (κ1) is 29.3. The molecule has 6 atom stereocenters. The van der Waals surface area contributed by atoms with E-state index in [0.29, 0.717) is 27.5 Å². The quantitative estimate of drug-likeness (QED) is 0.287. The highest BCUT2D eigenvalue weighted by Crippen LogP contribution is 2.65. The normalized spacial score (nSPS) is 28.4. The highest BCUT2D eigenvalue weighted by molar-refractivity contribution is 6.17. The molecule has 46 heavy (non-hydrogen) atoms. The van der Waals surface area contributed by atoms with E-state index < -0.39 is 64.7 Å². The van der Waals surface area contributed by atoms with Crippen molar-refractivity contribution in [3.05, 3.63) is 101 Å². The third-order valence-electron chi connectivity index (χ3n) is 10.2. The number of anilines is 1. The number of phenolic OH excluding ortho intramolecular Hbond substituents is 1. The number of aromatic hydroxyl groups is 1. The van der Waals surface area contributed by atoms with Crippen LogP contribution in [0.5, 0.6) is 11.5 Å². The number of nitrogens with two attached hydrogens (primary N) is 1. The molecular formula is C35H32N4O7. The average Bonchev–Trinajstić information content (AvgIpc) is 3.43. The van der Waals surface area contributed by atoms with Gasteiger partial charge in [-0.05, 0) is 55.5 Å². The number of fused-ring (bicyclic) bond motifs is 4. The van der Waals surface area contributed by atoms with Gasteiger partial charge in [-0.2, -0.15) is 9.91 Å². The summed E-state index contributed by atoms with van der Waals surface area (Å²) in [4.78, 5) is 69.4. The average molecular weight is 621 g/mol. The van der Waals surface area contributed by atoms with Crippen molar-refractivity contribution in [1.29, 1.82) is 0 Å². The van der Waals surface area contributed by atoms with Crippen molar-refractivity contribution in [2.24, 2.45) is 29.4 Å². The van der Waals surface area contributed by atoms with Gasteiger partial charge in [0.1, 0.15) is 11.5 Å². The minimum atomic E-state index is -1.58. The molecule has 3 aromatic carbocycles. The Morgan fingerprint density at radius 2 is 1.65 bits per heavy atom. The largest absolute Gasteiger partial charge is 0.508 e. The van der Waals surface area contributed by atoms with Crippen molar-refractivity contribution in [1.82, 2.24) is 9.91 Å². The summed E-state index contributed by atoms with van der Waals surface area (Å²) in [5.41, 5.74) is 9.90. The van der Waals surface area contributed by atoms with Crippen molar-refractivity contribution in [2.45, 2.75) is 31.1 Å². The molecule has 0 bridgehead atoms. The van der Waals surface area contributed by atoms with Crippen LogP contribution in [0.25, 0.3) is 0 Å². The Morgan fingerprint density at radius 3 is 2.33 bits per heavy atom. The van der Waals surface area contributed by atoms with E-state index in [-0.39, 0.29) is 24.2 Å². The number of nitrogens with one attached hydrogen (secondary N) is 1. The van der Waals surface area contributed by atoms with E-state index in [4.69, 9.17) is 10.5 Å². The molecule has 2 heterocycles. The standard InChI is InChI=1S/C35H32N4O7/c1-18-11-13-20(14-12-18)37-39-31(42)24-17-23-21(15-16-22-27(23)32(43)38(30(22)41)34(36)45)29(28-25(40)9-6-10-26(28)46-2)35(24,33(39)44)19-7-4-3-5-8-19/h3-15,22-24,27,29,37,40H,16-17H2,1-2H3,(H2,36,45). The minimum absolute atomic E-state index is 0.0383. The summed E-state index contributed by atoms with van der Waals surface area (Å²) in [5, 5.41) is 12.5. The number of nitrogens with zero attached hydrogens (tertiary/aromatic N) is 2. The lowest BCUT2D eigenvalue weighted by Crippen LogP contribution is -2.53. The van der Waals surface area contributed by atoms with Crippen LogP contribution in [-0.4, -0.2) is 51.8 Å². The number of urea groups is 1. The first-order valence-corrected chi connectivity index (χ1v) is 15.1.